The number of amides is 1. The molecule has 6 rings (SSSR count). The Bertz CT molecular complexity index is 1350. The Morgan fingerprint density at radius 3 is 2.65 bits per heavy atom. The minimum Gasteiger partial charge on any atom is -0.379 e. The standard InChI is InChI=1S/C26H27NO5S2/c1-26(2)17-12-16(10-11-28)24(22(26)13-17)27-25(29)21-15-33-23-9-8-18(14-20(21)23)32-34(30,31)19-6-4-3-5-7-19/h3-9,11,14-17,22,24H,10,12-13H2,1-2H3,(H,27,29)/t16-,17+,22+,24?/m1/s1. The molecule has 2 bridgehead atoms. The van der Waals surface area contributed by atoms with Crippen LogP contribution in [0.5, 0.6) is 5.75 Å². The largest absolute Gasteiger partial charge is 0.379 e. The molecule has 1 unspecified atom stereocenters. The first-order valence-corrected chi connectivity index (χ1v) is 13.7. The second-order valence-corrected chi connectivity index (χ2v) is 12.4. The summed E-state index contributed by atoms with van der Waals surface area (Å²) in [6, 6.07) is 12.9. The predicted molar refractivity (Wildman–Crippen MR) is 132 cm³/mol. The first-order chi connectivity index (χ1) is 16.2. The van der Waals surface area contributed by atoms with Crippen LogP contribution in [0.3, 0.4) is 0 Å². The van der Waals surface area contributed by atoms with Gasteiger partial charge < -0.3 is 14.3 Å². The molecule has 1 aromatic heterocycles. The van der Waals surface area contributed by atoms with Gasteiger partial charge in [-0.05, 0) is 66.3 Å². The van der Waals surface area contributed by atoms with E-state index in [0.29, 0.717) is 29.2 Å². The van der Waals surface area contributed by atoms with Crippen LogP contribution in [0, 0.1) is 23.2 Å². The molecule has 178 valence electrons. The topological polar surface area (TPSA) is 89.5 Å². The zero-order valence-electron chi connectivity index (χ0n) is 19.1. The summed E-state index contributed by atoms with van der Waals surface area (Å²) >= 11 is 1.43. The Kier molecular flexibility index (Phi) is 5.76. The lowest BCUT2D eigenvalue weighted by molar-refractivity contribution is -0.123. The summed E-state index contributed by atoms with van der Waals surface area (Å²) in [4.78, 5) is 24.7. The van der Waals surface area contributed by atoms with Crippen LogP contribution in [-0.2, 0) is 14.9 Å². The van der Waals surface area contributed by atoms with E-state index in [2.05, 4.69) is 19.2 Å². The highest BCUT2D eigenvalue weighted by Gasteiger charge is 2.57. The molecule has 6 nitrogen and oxygen atoms in total. The van der Waals surface area contributed by atoms with Gasteiger partial charge in [0.25, 0.3) is 5.91 Å². The quantitative estimate of drug-likeness (QED) is 0.365. The Balaban J connectivity index is 1.40. The van der Waals surface area contributed by atoms with Crippen molar-refractivity contribution in [2.24, 2.45) is 23.2 Å². The second-order valence-electron chi connectivity index (χ2n) is 9.92. The summed E-state index contributed by atoms with van der Waals surface area (Å²) in [5.74, 6) is 1.06. The van der Waals surface area contributed by atoms with Crippen molar-refractivity contribution in [3.8, 4) is 5.75 Å². The van der Waals surface area contributed by atoms with Crippen molar-refractivity contribution < 1.29 is 22.2 Å². The molecule has 1 amide bonds. The highest BCUT2D eigenvalue weighted by molar-refractivity contribution is 7.87. The Labute approximate surface area is 203 Å². The summed E-state index contributed by atoms with van der Waals surface area (Å²) < 4.78 is 31.5. The van der Waals surface area contributed by atoms with Gasteiger partial charge in [-0.15, -0.1) is 11.3 Å². The molecule has 0 spiro atoms. The summed E-state index contributed by atoms with van der Waals surface area (Å²) in [6.45, 7) is 4.50. The van der Waals surface area contributed by atoms with Crippen molar-refractivity contribution in [3.05, 3.63) is 59.5 Å². The average Bonchev–Trinajstić information content (AvgIpc) is 3.23. The maximum atomic E-state index is 13.4. The number of rotatable bonds is 7. The van der Waals surface area contributed by atoms with Gasteiger partial charge in [0, 0.05) is 27.9 Å². The summed E-state index contributed by atoms with van der Waals surface area (Å²) in [6.07, 6.45) is 3.44. The van der Waals surface area contributed by atoms with Gasteiger partial charge in [0.05, 0.1) is 5.56 Å². The third kappa shape index (κ3) is 3.92. The Morgan fingerprint density at radius 1 is 1.18 bits per heavy atom. The molecular weight excluding hydrogens is 470 g/mol. The highest BCUT2D eigenvalue weighted by Crippen LogP contribution is 2.61. The number of aldehydes is 1. The minimum atomic E-state index is -3.98. The van der Waals surface area contributed by atoms with Gasteiger partial charge >= 0.3 is 10.1 Å². The number of hydrogen-bond donors (Lipinski definition) is 1. The van der Waals surface area contributed by atoms with Gasteiger partial charge in [-0.2, -0.15) is 8.42 Å². The average molecular weight is 498 g/mol. The van der Waals surface area contributed by atoms with E-state index >= 15 is 0 Å². The predicted octanol–water partition coefficient (Wildman–Crippen LogP) is 5.04. The first-order valence-electron chi connectivity index (χ1n) is 11.5. The first kappa shape index (κ1) is 23.1. The lowest BCUT2D eigenvalue weighted by Crippen LogP contribution is -2.63. The van der Waals surface area contributed by atoms with Crippen LogP contribution in [-0.4, -0.2) is 26.7 Å². The normalized spacial score (nSPS) is 25.4. The van der Waals surface area contributed by atoms with E-state index in [1.54, 1.807) is 41.8 Å². The molecule has 0 radical (unpaired) electrons. The zero-order chi connectivity index (χ0) is 24.1. The van der Waals surface area contributed by atoms with Crippen LogP contribution < -0.4 is 9.50 Å². The van der Waals surface area contributed by atoms with E-state index in [9.17, 15) is 18.0 Å². The van der Waals surface area contributed by atoms with Gasteiger partial charge in [-0.3, -0.25) is 4.79 Å². The molecule has 0 aliphatic heterocycles. The van der Waals surface area contributed by atoms with Gasteiger partial charge in [0.15, 0.2) is 0 Å². The van der Waals surface area contributed by atoms with Gasteiger partial charge in [-0.1, -0.05) is 32.0 Å². The number of thiophene rings is 1. The molecule has 3 saturated carbocycles. The maximum Gasteiger partial charge on any atom is 0.339 e. The summed E-state index contributed by atoms with van der Waals surface area (Å²) in [5, 5.41) is 5.68. The van der Waals surface area contributed by atoms with Crippen LogP contribution in [0.2, 0.25) is 0 Å². The van der Waals surface area contributed by atoms with Gasteiger partial charge in [-0.25, -0.2) is 0 Å². The fourth-order valence-corrected chi connectivity index (χ4v) is 7.58. The van der Waals surface area contributed by atoms with Crippen molar-refractivity contribution >= 4 is 43.7 Å². The molecule has 0 saturated heterocycles. The fraction of sp³-hybridized carbons (Fsp3) is 0.385. The number of fused-ring (bicyclic) bond motifs is 3. The van der Waals surface area contributed by atoms with Crippen molar-refractivity contribution in [1.29, 1.82) is 0 Å². The molecule has 3 aromatic rings. The van der Waals surface area contributed by atoms with Crippen molar-refractivity contribution in [2.75, 3.05) is 0 Å². The molecule has 8 heteroatoms. The number of hydrogen-bond acceptors (Lipinski definition) is 6. The molecule has 3 fully saturated rings. The third-order valence-corrected chi connectivity index (χ3v) is 10.0. The zero-order valence-corrected chi connectivity index (χ0v) is 20.7. The van der Waals surface area contributed by atoms with E-state index in [-0.39, 0.29) is 33.9 Å². The molecule has 3 aliphatic rings. The van der Waals surface area contributed by atoms with Crippen molar-refractivity contribution in [2.45, 2.75) is 44.0 Å². The maximum absolute atomic E-state index is 13.4. The molecule has 34 heavy (non-hydrogen) atoms. The van der Waals surface area contributed by atoms with Crippen LogP contribution in [0.1, 0.15) is 43.5 Å². The van der Waals surface area contributed by atoms with Crippen molar-refractivity contribution in [3.63, 3.8) is 0 Å². The van der Waals surface area contributed by atoms with E-state index in [0.717, 1.165) is 23.8 Å². The SMILES string of the molecule is CC1(C)[C@H]2C[C@@H](CC=O)C(NC(=O)c3csc4ccc(OS(=O)(=O)c5ccccc5)cc34)[C@@H]1C2. The van der Waals surface area contributed by atoms with E-state index in [1.807, 2.05) is 0 Å². The molecule has 1 heterocycles. The lowest BCUT2D eigenvalue weighted by Gasteiger charge is -2.62. The fourth-order valence-electron chi connectivity index (χ4n) is 5.72. The van der Waals surface area contributed by atoms with E-state index in [1.165, 1.54) is 23.5 Å². The van der Waals surface area contributed by atoms with Crippen LogP contribution in [0.25, 0.3) is 10.1 Å². The number of nitrogens with one attached hydrogen (secondary N) is 1. The van der Waals surface area contributed by atoms with Crippen LogP contribution in [0.15, 0.2) is 58.8 Å². The Hall–Kier alpha value is -2.71. The third-order valence-electron chi connectivity index (χ3n) is 7.80. The number of carbonyl (C=O) groups excluding carboxylic acids is 2. The summed E-state index contributed by atoms with van der Waals surface area (Å²) in [7, 11) is -3.98. The number of carbonyl (C=O) groups is 2. The van der Waals surface area contributed by atoms with Gasteiger partial charge in [0.1, 0.15) is 16.9 Å². The monoisotopic (exact) mass is 497 g/mol. The van der Waals surface area contributed by atoms with Crippen molar-refractivity contribution in [1.82, 2.24) is 5.32 Å². The molecular formula is C26H27NO5S2. The van der Waals surface area contributed by atoms with E-state index < -0.39 is 10.1 Å². The lowest BCUT2D eigenvalue weighted by atomic mass is 9.44. The van der Waals surface area contributed by atoms with Crippen LogP contribution in [0.4, 0.5) is 0 Å². The second kappa shape index (κ2) is 8.50. The van der Waals surface area contributed by atoms with E-state index in [4.69, 9.17) is 4.18 Å². The molecule has 3 aliphatic carbocycles. The van der Waals surface area contributed by atoms with Crippen LogP contribution >= 0.6 is 11.3 Å². The Morgan fingerprint density at radius 2 is 1.94 bits per heavy atom. The molecule has 2 aromatic carbocycles. The molecule has 1 N–H and O–H groups in total. The van der Waals surface area contributed by atoms with Gasteiger partial charge in [0.2, 0.25) is 0 Å². The number of benzene rings is 2. The highest BCUT2D eigenvalue weighted by atomic mass is 32.2. The smallest absolute Gasteiger partial charge is 0.339 e. The summed E-state index contributed by atoms with van der Waals surface area (Å²) in [5.41, 5.74) is 0.646. The molecule has 4 atom stereocenters. The minimum absolute atomic E-state index is 0.0504.